The number of carbonyl (C=O) groups excluding carboxylic acids is 1. The van der Waals surface area contributed by atoms with Crippen molar-refractivity contribution < 1.29 is 39.5 Å². The molecule has 13 atom stereocenters. The Morgan fingerprint density at radius 3 is 1.98 bits per heavy atom. The molecule has 0 amide bonds. The van der Waals surface area contributed by atoms with Crippen molar-refractivity contribution in [2.24, 2.45) is 52.3 Å². The molecule has 9 nitrogen and oxygen atoms in total. The van der Waals surface area contributed by atoms with Crippen molar-refractivity contribution in [2.75, 3.05) is 6.61 Å². The molecule has 0 aromatic heterocycles. The van der Waals surface area contributed by atoms with Gasteiger partial charge in [-0.1, -0.05) is 63.1 Å². The molecule has 2 aromatic carbocycles. The standard InChI is InChI=1S/C41H54O9S2/c1-24-7-12-30(13-8-24)51(43,44)49-29-18-19-39(5)28(21-29)11-16-32-33-22-34-35(27(4)41(48-34)20-17-26(3)23-47-41)40(33,6)38(37(42)36(32)39)50-52(45,46)31-14-9-25(2)10-15-31/h7-10,12-15,26-29,32-36,38H,11,16-23H2,1-6H3/t26-,27+,28-,29+,32+,33-,34-,35-,36-,38+,39-,40+,41+/m0/s1. The summed E-state index contributed by atoms with van der Waals surface area (Å²) in [6.07, 6.45) is 3.93. The van der Waals surface area contributed by atoms with Gasteiger partial charge in [-0.15, -0.1) is 0 Å². The molecule has 6 fully saturated rings. The van der Waals surface area contributed by atoms with Gasteiger partial charge in [0, 0.05) is 29.6 Å². The lowest BCUT2D eigenvalue weighted by molar-refractivity contribution is -0.273. The fraction of sp³-hybridized carbons (Fsp3) is 0.683. The van der Waals surface area contributed by atoms with Gasteiger partial charge in [0.2, 0.25) is 0 Å². The predicted octanol–water partition coefficient (Wildman–Crippen LogP) is 7.39. The van der Waals surface area contributed by atoms with E-state index >= 15 is 4.79 Å². The summed E-state index contributed by atoms with van der Waals surface area (Å²) in [7, 11) is -8.25. The number of hydrogen-bond donors (Lipinski definition) is 0. The molecule has 4 saturated carbocycles. The van der Waals surface area contributed by atoms with Crippen LogP contribution in [0.2, 0.25) is 0 Å². The molecule has 2 saturated heterocycles. The fourth-order valence-corrected chi connectivity index (χ4v) is 14.3. The van der Waals surface area contributed by atoms with Crippen LogP contribution in [0.15, 0.2) is 58.3 Å². The van der Waals surface area contributed by atoms with Gasteiger partial charge >= 0.3 is 0 Å². The molecule has 2 heterocycles. The molecule has 52 heavy (non-hydrogen) atoms. The Kier molecular flexibility index (Phi) is 8.99. The molecule has 6 aliphatic rings. The Labute approximate surface area is 309 Å². The largest absolute Gasteiger partial charge is 0.349 e. The highest BCUT2D eigenvalue weighted by molar-refractivity contribution is 7.87. The number of carbonyl (C=O) groups is 1. The summed E-state index contributed by atoms with van der Waals surface area (Å²) in [4.78, 5) is 15.6. The van der Waals surface area contributed by atoms with Crippen LogP contribution in [0.25, 0.3) is 0 Å². The number of Topliss-reactive ketones (excluding diaryl/α,β-unsaturated/α-hetero) is 1. The SMILES string of the molecule is Cc1ccc(S(=O)(=O)O[C@@H]2CC[C@@]3(C)[C@@H](CC[C@H]4[C@H]3C(=O)[C@@H](OS(=O)(=O)c3ccc(C)cc3)[C@@]3(C)[C@@H]5[C@H](C[C@@H]43)O[C@]3(CC[C@H](C)CO3)[C@@H]5C)C2)cc1. The maximum absolute atomic E-state index is 15.4. The first-order chi connectivity index (χ1) is 24.5. The summed E-state index contributed by atoms with van der Waals surface area (Å²) in [5.41, 5.74) is 0.645. The van der Waals surface area contributed by atoms with E-state index in [1.165, 1.54) is 0 Å². The first kappa shape index (κ1) is 36.8. The van der Waals surface area contributed by atoms with Crippen LogP contribution in [-0.4, -0.2) is 53.3 Å². The Hall–Kier alpha value is -2.15. The average molecular weight is 755 g/mol. The molecule has 2 aromatic rings. The van der Waals surface area contributed by atoms with E-state index in [1.807, 2.05) is 13.8 Å². The Morgan fingerprint density at radius 2 is 1.38 bits per heavy atom. The van der Waals surface area contributed by atoms with E-state index < -0.39 is 55.0 Å². The number of aryl methyl sites for hydroxylation is 2. The van der Waals surface area contributed by atoms with E-state index in [-0.39, 0.29) is 51.3 Å². The minimum atomic E-state index is -4.30. The van der Waals surface area contributed by atoms with Crippen LogP contribution < -0.4 is 0 Å². The Morgan fingerprint density at radius 1 is 0.769 bits per heavy atom. The average Bonchev–Trinajstić information content (AvgIpc) is 3.54. The summed E-state index contributed by atoms with van der Waals surface area (Å²) < 4.78 is 80.5. The van der Waals surface area contributed by atoms with Gasteiger partial charge in [-0.25, -0.2) is 0 Å². The van der Waals surface area contributed by atoms with Crippen LogP contribution in [0.5, 0.6) is 0 Å². The molecule has 0 bridgehead atoms. The van der Waals surface area contributed by atoms with E-state index in [2.05, 4.69) is 27.7 Å². The second kappa shape index (κ2) is 12.7. The monoisotopic (exact) mass is 754 g/mol. The van der Waals surface area contributed by atoms with Crippen molar-refractivity contribution in [1.29, 1.82) is 0 Å². The lowest BCUT2D eigenvalue weighted by Gasteiger charge is -2.61. The summed E-state index contributed by atoms with van der Waals surface area (Å²) in [6, 6.07) is 13.3. The van der Waals surface area contributed by atoms with Crippen molar-refractivity contribution in [1.82, 2.24) is 0 Å². The Bertz CT molecular complexity index is 1920. The second-order valence-corrected chi connectivity index (χ2v) is 20.9. The zero-order valence-electron chi connectivity index (χ0n) is 31.2. The van der Waals surface area contributed by atoms with Crippen molar-refractivity contribution >= 4 is 26.0 Å². The number of fused-ring (bicyclic) bond motifs is 7. The van der Waals surface area contributed by atoms with E-state index in [9.17, 15) is 16.8 Å². The Balaban J connectivity index is 1.12. The van der Waals surface area contributed by atoms with E-state index in [0.29, 0.717) is 31.8 Å². The zero-order valence-corrected chi connectivity index (χ0v) is 32.9. The van der Waals surface area contributed by atoms with Gasteiger partial charge in [0.15, 0.2) is 11.6 Å². The molecule has 0 N–H and O–H groups in total. The van der Waals surface area contributed by atoms with Gasteiger partial charge in [-0.2, -0.15) is 16.8 Å². The van der Waals surface area contributed by atoms with Gasteiger partial charge in [0.1, 0.15) is 6.10 Å². The van der Waals surface area contributed by atoms with Gasteiger partial charge in [-0.05, 0) is 112 Å². The van der Waals surface area contributed by atoms with E-state index in [4.69, 9.17) is 17.8 Å². The lowest BCUT2D eigenvalue weighted by Crippen LogP contribution is -2.65. The zero-order chi connectivity index (χ0) is 37.0. The van der Waals surface area contributed by atoms with Gasteiger partial charge in [0.25, 0.3) is 20.2 Å². The van der Waals surface area contributed by atoms with Crippen molar-refractivity contribution in [2.45, 2.75) is 127 Å². The smallest absolute Gasteiger partial charge is 0.297 e. The number of ether oxygens (including phenoxy) is 2. The molecule has 0 radical (unpaired) electrons. The third-order valence-electron chi connectivity index (χ3n) is 14.8. The number of hydrogen-bond acceptors (Lipinski definition) is 9. The molecule has 1 spiro atoms. The van der Waals surface area contributed by atoms with Crippen LogP contribution in [-0.2, 0) is 42.9 Å². The molecule has 2 aliphatic heterocycles. The van der Waals surface area contributed by atoms with Crippen molar-refractivity contribution in [3.63, 3.8) is 0 Å². The van der Waals surface area contributed by atoms with E-state index in [1.54, 1.807) is 48.5 Å². The van der Waals surface area contributed by atoms with Crippen molar-refractivity contribution in [3.05, 3.63) is 59.7 Å². The summed E-state index contributed by atoms with van der Waals surface area (Å²) in [5.74, 6) is -0.923. The number of rotatable bonds is 6. The molecule has 11 heteroatoms. The highest BCUT2D eigenvalue weighted by Gasteiger charge is 2.74. The third-order valence-corrected chi connectivity index (χ3v) is 17.5. The summed E-state index contributed by atoms with van der Waals surface area (Å²) >= 11 is 0. The second-order valence-electron chi connectivity index (χ2n) is 17.8. The maximum Gasteiger partial charge on any atom is 0.297 e. The minimum Gasteiger partial charge on any atom is -0.349 e. The van der Waals surface area contributed by atoms with Crippen LogP contribution >= 0.6 is 0 Å². The van der Waals surface area contributed by atoms with Gasteiger partial charge < -0.3 is 9.47 Å². The third kappa shape index (κ3) is 5.69. The highest BCUT2D eigenvalue weighted by atomic mass is 32.2. The van der Waals surface area contributed by atoms with Crippen LogP contribution in [0, 0.1) is 66.1 Å². The maximum atomic E-state index is 15.4. The molecule has 0 unspecified atom stereocenters. The van der Waals surface area contributed by atoms with Gasteiger partial charge in [-0.3, -0.25) is 13.2 Å². The van der Waals surface area contributed by atoms with Crippen LogP contribution in [0.1, 0.15) is 90.2 Å². The first-order valence-electron chi connectivity index (χ1n) is 19.3. The minimum absolute atomic E-state index is 0.0133. The van der Waals surface area contributed by atoms with E-state index in [0.717, 1.165) is 43.2 Å². The number of benzene rings is 2. The first-order valence-corrected chi connectivity index (χ1v) is 22.2. The van der Waals surface area contributed by atoms with Crippen LogP contribution in [0.4, 0.5) is 0 Å². The summed E-state index contributed by atoms with van der Waals surface area (Å²) in [6.45, 7) is 13.1. The molecular weight excluding hydrogens is 701 g/mol. The fourth-order valence-electron chi connectivity index (χ4n) is 12.1. The predicted molar refractivity (Wildman–Crippen MR) is 194 cm³/mol. The van der Waals surface area contributed by atoms with Gasteiger partial charge in [0.05, 0.1) is 28.6 Å². The normalized spacial score (nSPS) is 43.1. The topological polar surface area (TPSA) is 122 Å². The number of ketones is 1. The van der Waals surface area contributed by atoms with Crippen LogP contribution in [0.3, 0.4) is 0 Å². The molecule has 4 aliphatic carbocycles. The lowest BCUT2D eigenvalue weighted by atomic mass is 9.43. The molecular formula is C41H54O9S2. The quantitative estimate of drug-likeness (QED) is 0.278. The molecule has 284 valence electrons. The highest BCUT2D eigenvalue weighted by Crippen LogP contribution is 2.71. The van der Waals surface area contributed by atoms with Crippen molar-refractivity contribution in [3.8, 4) is 0 Å². The molecule has 8 rings (SSSR count). The summed E-state index contributed by atoms with van der Waals surface area (Å²) in [5, 5.41) is 0.